The van der Waals surface area contributed by atoms with Crippen molar-refractivity contribution in [2.45, 2.75) is 19.8 Å². The molecule has 2 aromatic rings. The largest absolute Gasteiger partial charge is 0.428 e. The molecule has 0 amide bonds. The predicted molar refractivity (Wildman–Crippen MR) is 60.4 cm³/mol. The number of hydrogen-bond acceptors (Lipinski definition) is 3. The maximum absolute atomic E-state index is 13.6. The van der Waals surface area contributed by atoms with E-state index in [4.69, 9.17) is 10.2 Å². The highest BCUT2D eigenvalue weighted by atomic mass is 19.1. The van der Waals surface area contributed by atoms with E-state index >= 15 is 0 Å². The van der Waals surface area contributed by atoms with Crippen LogP contribution in [-0.2, 0) is 0 Å². The standard InChI is InChI=1S/C12H12F2N2O/c1-6(2)11-10(16-12(15)17-11)8-4-3-7(13)5-9(8)14/h3-6H,1-2H3,(H2,15,16). The molecule has 0 saturated heterocycles. The van der Waals surface area contributed by atoms with Gasteiger partial charge in [-0.25, -0.2) is 8.78 Å². The lowest BCUT2D eigenvalue weighted by Gasteiger charge is -2.04. The van der Waals surface area contributed by atoms with Crippen molar-refractivity contribution in [3.8, 4) is 11.3 Å². The van der Waals surface area contributed by atoms with Crippen LogP contribution < -0.4 is 5.73 Å². The number of anilines is 1. The van der Waals surface area contributed by atoms with Crippen molar-refractivity contribution >= 4 is 6.01 Å². The van der Waals surface area contributed by atoms with Gasteiger partial charge >= 0.3 is 0 Å². The third-order valence-electron chi connectivity index (χ3n) is 2.38. The highest BCUT2D eigenvalue weighted by molar-refractivity contribution is 5.63. The fourth-order valence-electron chi connectivity index (χ4n) is 1.61. The summed E-state index contributed by atoms with van der Waals surface area (Å²) in [7, 11) is 0. The normalized spacial score (nSPS) is 11.1. The van der Waals surface area contributed by atoms with E-state index in [2.05, 4.69) is 4.98 Å². The van der Waals surface area contributed by atoms with Gasteiger partial charge in [0, 0.05) is 17.5 Å². The van der Waals surface area contributed by atoms with Gasteiger partial charge in [0.05, 0.1) is 0 Å². The fraction of sp³-hybridized carbons (Fsp3) is 0.250. The van der Waals surface area contributed by atoms with Crippen molar-refractivity contribution in [2.75, 3.05) is 5.73 Å². The smallest absolute Gasteiger partial charge is 0.292 e. The zero-order valence-corrected chi connectivity index (χ0v) is 9.50. The van der Waals surface area contributed by atoms with E-state index < -0.39 is 11.6 Å². The number of nitrogen functional groups attached to an aromatic ring is 1. The monoisotopic (exact) mass is 238 g/mol. The molecule has 2 rings (SSSR count). The van der Waals surface area contributed by atoms with Gasteiger partial charge in [0.1, 0.15) is 23.1 Å². The zero-order chi connectivity index (χ0) is 12.6. The maximum Gasteiger partial charge on any atom is 0.292 e. The minimum Gasteiger partial charge on any atom is -0.428 e. The van der Waals surface area contributed by atoms with Crippen LogP contribution >= 0.6 is 0 Å². The fourth-order valence-corrected chi connectivity index (χ4v) is 1.61. The molecule has 1 heterocycles. The van der Waals surface area contributed by atoms with E-state index in [1.807, 2.05) is 13.8 Å². The van der Waals surface area contributed by atoms with Crippen molar-refractivity contribution in [1.29, 1.82) is 0 Å². The molecule has 0 aliphatic carbocycles. The zero-order valence-electron chi connectivity index (χ0n) is 9.50. The minimum absolute atomic E-state index is 0.0132. The molecule has 17 heavy (non-hydrogen) atoms. The van der Waals surface area contributed by atoms with Crippen molar-refractivity contribution in [2.24, 2.45) is 0 Å². The number of benzene rings is 1. The Labute approximate surface area is 97.3 Å². The van der Waals surface area contributed by atoms with Gasteiger partial charge in [-0.1, -0.05) is 13.8 Å². The first-order valence-corrected chi connectivity index (χ1v) is 5.20. The van der Waals surface area contributed by atoms with Crippen LogP contribution in [-0.4, -0.2) is 4.98 Å². The molecule has 0 bridgehead atoms. The van der Waals surface area contributed by atoms with Crippen LogP contribution in [0.2, 0.25) is 0 Å². The number of oxazole rings is 1. The van der Waals surface area contributed by atoms with Gasteiger partial charge in [-0.2, -0.15) is 4.98 Å². The van der Waals surface area contributed by atoms with Crippen LogP contribution in [0.25, 0.3) is 11.3 Å². The highest BCUT2D eigenvalue weighted by Crippen LogP contribution is 2.32. The molecule has 2 N–H and O–H groups in total. The first kappa shape index (κ1) is 11.6. The van der Waals surface area contributed by atoms with Gasteiger partial charge in [-0.05, 0) is 12.1 Å². The Morgan fingerprint density at radius 2 is 2.00 bits per heavy atom. The van der Waals surface area contributed by atoms with Gasteiger partial charge in [0.15, 0.2) is 0 Å². The van der Waals surface area contributed by atoms with E-state index in [-0.39, 0.29) is 17.5 Å². The number of nitrogens with two attached hydrogens (primary N) is 1. The summed E-state index contributed by atoms with van der Waals surface area (Å²) < 4.78 is 31.7. The van der Waals surface area contributed by atoms with Gasteiger partial charge < -0.3 is 10.2 Å². The Balaban J connectivity index is 2.59. The molecular weight excluding hydrogens is 226 g/mol. The van der Waals surface area contributed by atoms with E-state index in [0.29, 0.717) is 11.5 Å². The maximum atomic E-state index is 13.6. The molecule has 0 atom stereocenters. The van der Waals surface area contributed by atoms with Crippen LogP contribution in [0, 0.1) is 11.6 Å². The Bertz CT molecular complexity index is 549. The van der Waals surface area contributed by atoms with Crippen molar-refractivity contribution in [3.63, 3.8) is 0 Å². The average Bonchev–Trinajstić information content (AvgIpc) is 2.60. The summed E-state index contributed by atoms with van der Waals surface area (Å²) in [5.74, 6) is -0.804. The van der Waals surface area contributed by atoms with E-state index in [9.17, 15) is 8.78 Å². The van der Waals surface area contributed by atoms with E-state index in [1.54, 1.807) is 0 Å². The number of nitrogens with zero attached hydrogens (tertiary/aromatic N) is 1. The van der Waals surface area contributed by atoms with Crippen LogP contribution in [0.1, 0.15) is 25.5 Å². The summed E-state index contributed by atoms with van der Waals surface area (Å²) >= 11 is 0. The molecule has 0 spiro atoms. The first-order valence-electron chi connectivity index (χ1n) is 5.20. The third-order valence-corrected chi connectivity index (χ3v) is 2.38. The van der Waals surface area contributed by atoms with Gasteiger partial charge in [-0.15, -0.1) is 0 Å². The van der Waals surface area contributed by atoms with Crippen molar-refractivity contribution in [1.82, 2.24) is 4.98 Å². The Morgan fingerprint density at radius 3 is 2.59 bits per heavy atom. The summed E-state index contributed by atoms with van der Waals surface area (Å²) in [6.45, 7) is 3.76. The van der Waals surface area contributed by atoms with E-state index in [0.717, 1.165) is 6.07 Å². The average molecular weight is 238 g/mol. The van der Waals surface area contributed by atoms with Gasteiger partial charge in [-0.3, -0.25) is 0 Å². The molecule has 0 aliphatic rings. The summed E-state index contributed by atoms with van der Waals surface area (Å²) in [4.78, 5) is 3.94. The van der Waals surface area contributed by atoms with Crippen molar-refractivity contribution in [3.05, 3.63) is 35.6 Å². The number of rotatable bonds is 2. The summed E-state index contributed by atoms with van der Waals surface area (Å²) in [6.07, 6.45) is 0. The number of hydrogen-bond donors (Lipinski definition) is 1. The number of aromatic nitrogens is 1. The van der Waals surface area contributed by atoms with Crippen LogP contribution in [0.15, 0.2) is 22.6 Å². The lowest BCUT2D eigenvalue weighted by Crippen LogP contribution is -1.92. The van der Waals surface area contributed by atoms with Crippen LogP contribution in [0.3, 0.4) is 0 Å². The second-order valence-electron chi connectivity index (χ2n) is 4.04. The highest BCUT2D eigenvalue weighted by Gasteiger charge is 2.19. The quantitative estimate of drug-likeness (QED) is 0.873. The SMILES string of the molecule is CC(C)c1oc(N)nc1-c1ccc(F)cc1F. The topological polar surface area (TPSA) is 52.0 Å². The summed E-state index contributed by atoms with van der Waals surface area (Å²) in [5.41, 5.74) is 5.98. The Hall–Kier alpha value is -1.91. The third kappa shape index (κ3) is 2.13. The predicted octanol–water partition coefficient (Wildman–Crippen LogP) is 3.33. The molecule has 3 nitrogen and oxygen atoms in total. The van der Waals surface area contributed by atoms with Crippen molar-refractivity contribution < 1.29 is 13.2 Å². The lowest BCUT2D eigenvalue weighted by atomic mass is 10.0. The second-order valence-corrected chi connectivity index (χ2v) is 4.04. The van der Waals surface area contributed by atoms with Crippen LogP contribution in [0.4, 0.5) is 14.8 Å². The van der Waals surface area contributed by atoms with Gasteiger partial charge in [0.25, 0.3) is 6.01 Å². The molecular formula is C12H12F2N2O. The second kappa shape index (κ2) is 4.16. The molecule has 1 aromatic heterocycles. The molecule has 5 heteroatoms. The molecule has 1 aromatic carbocycles. The number of halogens is 2. The molecule has 0 unspecified atom stereocenters. The minimum atomic E-state index is -0.680. The molecule has 0 fully saturated rings. The van der Waals surface area contributed by atoms with Gasteiger partial charge in [0.2, 0.25) is 0 Å². The molecule has 90 valence electrons. The molecule has 0 aliphatic heterocycles. The Kier molecular flexibility index (Phi) is 2.83. The molecule has 0 radical (unpaired) electrons. The first-order chi connectivity index (χ1) is 7.99. The summed E-state index contributed by atoms with van der Waals surface area (Å²) in [5, 5.41) is 0. The van der Waals surface area contributed by atoms with E-state index in [1.165, 1.54) is 12.1 Å². The summed E-state index contributed by atoms with van der Waals surface area (Å²) in [6, 6.07) is 3.29. The molecule has 0 saturated carbocycles. The Morgan fingerprint density at radius 1 is 1.29 bits per heavy atom. The van der Waals surface area contributed by atoms with Crippen LogP contribution in [0.5, 0.6) is 0 Å². The lowest BCUT2D eigenvalue weighted by molar-refractivity contribution is 0.500.